The van der Waals surface area contributed by atoms with Crippen LogP contribution in [0.1, 0.15) is 53.9 Å². The van der Waals surface area contributed by atoms with Gasteiger partial charge in [-0.3, -0.25) is 9.48 Å². The molecule has 6 heteroatoms. The summed E-state index contributed by atoms with van der Waals surface area (Å²) in [5, 5.41) is 9.36. The molecule has 0 radical (unpaired) electrons. The molecule has 0 aliphatic rings. The monoisotopic (exact) mass is 357 g/mol. The maximum absolute atomic E-state index is 12.7. The van der Waals surface area contributed by atoms with Gasteiger partial charge in [-0.25, -0.2) is 0 Å². The highest BCUT2D eigenvalue weighted by atomic mass is 32.1. The van der Waals surface area contributed by atoms with Crippen LogP contribution in [0.2, 0.25) is 0 Å². The van der Waals surface area contributed by atoms with Crippen LogP contribution in [0.5, 0.6) is 0 Å². The van der Waals surface area contributed by atoms with Gasteiger partial charge in [0.1, 0.15) is 5.76 Å². The zero-order valence-corrected chi connectivity index (χ0v) is 15.3. The molecule has 3 aromatic rings. The fourth-order valence-corrected chi connectivity index (χ4v) is 3.87. The fraction of sp³-hybridized carbons (Fsp3) is 0.368. The summed E-state index contributed by atoms with van der Waals surface area (Å²) in [5.74, 6) is 1.29. The number of aromatic nitrogens is 2. The van der Waals surface area contributed by atoms with E-state index in [9.17, 15) is 4.79 Å². The maximum Gasteiger partial charge on any atom is 0.287 e. The van der Waals surface area contributed by atoms with Gasteiger partial charge in [0.2, 0.25) is 0 Å². The molecular weight excluding hydrogens is 334 g/mol. The summed E-state index contributed by atoms with van der Waals surface area (Å²) >= 11 is 1.68. The molecule has 1 atom stereocenters. The second-order valence-electron chi connectivity index (χ2n) is 6.01. The number of thiophene rings is 1. The molecule has 3 aromatic heterocycles. The normalized spacial score (nSPS) is 12.4. The van der Waals surface area contributed by atoms with E-state index in [4.69, 9.17) is 4.42 Å². The van der Waals surface area contributed by atoms with Gasteiger partial charge >= 0.3 is 0 Å². The molecule has 0 saturated carbocycles. The maximum atomic E-state index is 12.7. The third-order valence-corrected chi connectivity index (χ3v) is 5.37. The third kappa shape index (κ3) is 4.20. The fourth-order valence-electron chi connectivity index (χ4n) is 3.00. The lowest BCUT2D eigenvalue weighted by molar-refractivity contribution is 0.0890. The first-order chi connectivity index (χ1) is 12.2. The van der Waals surface area contributed by atoms with Gasteiger partial charge in [-0.05, 0) is 35.6 Å². The molecule has 0 aliphatic carbocycles. The van der Waals surface area contributed by atoms with Gasteiger partial charge in [-0.1, -0.05) is 32.8 Å². The number of carbonyl (C=O) groups excluding carboxylic acids is 1. The minimum atomic E-state index is -0.169. The average Bonchev–Trinajstić information content (AvgIpc) is 3.38. The van der Waals surface area contributed by atoms with Gasteiger partial charge in [0.25, 0.3) is 5.91 Å². The number of amides is 1. The molecule has 0 saturated heterocycles. The highest BCUT2D eigenvalue weighted by Crippen LogP contribution is 2.30. The number of nitrogens with one attached hydrogen (secondary N) is 1. The Balaban J connectivity index is 1.72. The molecule has 1 unspecified atom stereocenters. The van der Waals surface area contributed by atoms with E-state index in [-0.39, 0.29) is 11.9 Å². The molecule has 0 fully saturated rings. The van der Waals surface area contributed by atoms with Gasteiger partial charge in [0, 0.05) is 17.3 Å². The van der Waals surface area contributed by atoms with Gasteiger partial charge in [-0.2, -0.15) is 5.10 Å². The largest absolute Gasteiger partial charge is 0.454 e. The Labute approximate surface area is 151 Å². The Bertz CT molecular complexity index is 774. The highest BCUT2D eigenvalue weighted by Gasteiger charge is 2.25. The number of carbonyl (C=O) groups is 1. The van der Waals surface area contributed by atoms with Crippen molar-refractivity contribution in [1.82, 2.24) is 15.1 Å². The van der Waals surface area contributed by atoms with Crippen LogP contribution in [0, 0.1) is 5.92 Å². The van der Waals surface area contributed by atoms with Crippen LogP contribution in [-0.2, 0) is 6.54 Å². The second-order valence-corrected chi connectivity index (χ2v) is 6.99. The van der Waals surface area contributed by atoms with Gasteiger partial charge in [0.15, 0.2) is 5.76 Å². The van der Waals surface area contributed by atoms with Crippen molar-refractivity contribution in [3.05, 3.63) is 64.5 Å². The summed E-state index contributed by atoms with van der Waals surface area (Å²) in [7, 11) is 0. The third-order valence-electron chi connectivity index (χ3n) is 4.42. The van der Waals surface area contributed by atoms with E-state index in [0.717, 1.165) is 12.8 Å². The van der Waals surface area contributed by atoms with Crippen LogP contribution in [0.15, 0.2) is 52.5 Å². The Hall–Kier alpha value is -2.34. The summed E-state index contributed by atoms with van der Waals surface area (Å²) in [6.07, 6.45) is 5.62. The SMILES string of the molecule is CCC(CC)C(NC(=O)c1ccc(Cn2cccn2)o1)c1cccs1. The van der Waals surface area contributed by atoms with Gasteiger partial charge in [-0.15, -0.1) is 11.3 Å². The van der Waals surface area contributed by atoms with Crippen LogP contribution in [-0.4, -0.2) is 15.7 Å². The molecular formula is C19H23N3O2S. The van der Waals surface area contributed by atoms with Crippen molar-refractivity contribution in [3.8, 4) is 0 Å². The molecule has 1 amide bonds. The van der Waals surface area contributed by atoms with E-state index in [0.29, 0.717) is 24.0 Å². The van der Waals surface area contributed by atoms with Crippen molar-refractivity contribution in [2.45, 2.75) is 39.3 Å². The molecule has 0 bridgehead atoms. The molecule has 0 aliphatic heterocycles. The molecule has 25 heavy (non-hydrogen) atoms. The molecule has 1 N–H and O–H groups in total. The molecule has 0 aromatic carbocycles. The number of nitrogens with zero attached hydrogens (tertiary/aromatic N) is 2. The minimum absolute atomic E-state index is 0.0159. The number of rotatable bonds is 8. The average molecular weight is 357 g/mol. The zero-order chi connectivity index (χ0) is 17.6. The standard InChI is InChI=1S/C19H23N3O2S/c1-3-14(4-2)18(17-7-5-12-25-17)21-19(23)16-9-8-15(24-16)13-22-11-6-10-20-22/h5-12,14,18H,3-4,13H2,1-2H3,(H,21,23). The van der Waals surface area contributed by atoms with Crippen molar-refractivity contribution in [1.29, 1.82) is 0 Å². The minimum Gasteiger partial charge on any atom is -0.454 e. The molecule has 0 spiro atoms. The van der Waals surface area contributed by atoms with Gasteiger partial charge in [0.05, 0.1) is 12.6 Å². The summed E-state index contributed by atoms with van der Waals surface area (Å²) in [4.78, 5) is 13.9. The number of hydrogen-bond donors (Lipinski definition) is 1. The van der Waals surface area contributed by atoms with Crippen LogP contribution >= 0.6 is 11.3 Å². The lowest BCUT2D eigenvalue weighted by Gasteiger charge is -2.25. The molecule has 5 nitrogen and oxygen atoms in total. The summed E-state index contributed by atoms with van der Waals surface area (Å²) in [6, 6.07) is 9.54. The van der Waals surface area contributed by atoms with E-state index in [2.05, 4.69) is 30.3 Å². The molecule has 3 heterocycles. The van der Waals surface area contributed by atoms with E-state index in [1.165, 1.54) is 4.88 Å². The summed E-state index contributed by atoms with van der Waals surface area (Å²) < 4.78 is 7.48. The predicted molar refractivity (Wildman–Crippen MR) is 98.6 cm³/mol. The van der Waals surface area contributed by atoms with Crippen LogP contribution in [0.4, 0.5) is 0 Å². The van der Waals surface area contributed by atoms with E-state index in [1.54, 1.807) is 28.3 Å². The Morgan fingerprint density at radius 3 is 2.76 bits per heavy atom. The van der Waals surface area contributed by atoms with E-state index < -0.39 is 0 Å². The predicted octanol–water partition coefficient (Wildman–Crippen LogP) is 4.49. The van der Waals surface area contributed by atoms with Crippen LogP contribution in [0.25, 0.3) is 0 Å². The first-order valence-electron chi connectivity index (χ1n) is 8.61. The zero-order valence-electron chi connectivity index (χ0n) is 14.5. The summed E-state index contributed by atoms with van der Waals surface area (Å²) in [5.41, 5.74) is 0. The van der Waals surface area contributed by atoms with Crippen molar-refractivity contribution in [2.24, 2.45) is 5.92 Å². The van der Waals surface area contributed by atoms with Crippen molar-refractivity contribution in [2.75, 3.05) is 0 Å². The lowest BCUT2D eigenvalue weighted by Crippen LogP contribution is -2.32. The Morgan fingerprint density at radius 2 is 2.12 bits per heavy atom. The van der Waals surface area contributed by atoms with Gasteiger partial charge < -0.3 is 9.73 Å². The highest BCUT2D eigenvalue weighted by molar-refractivity contribution is 7.10. The molecule has 132 valence electrons. The smallest absolute Gasteiger partial charge is 0.287 e. The van der Waals surface area contributed by atoms with Crippen LogP contribution < -0.4 is 5.32 Å². The van der Waals surface area contributed by atoms with E-state index >= 15 is 0 Å². The Morgan fingerprint density at radius 1 is 1.28 bits per heavy atom. The molecule has 3 rings (SSSR count). The van der Waals surface area contributed by atoms with E-state index in [1.807, 2.05) is 29.8 Å². The van der Waals surface area contributed by atoms with Crippen molar-refractivity contribution < 1.29 is 9.21 Å². The Kier molecular flexibility index (Phi) is 5.71. The van der Waals surface area contributed by atoms with Crippen molar-refractivity contribution >= 4 is 17.2 Å². The number of furan rings is 1. The topological polar surface area (TPSA) is 60.1 Å². The quantitative estimate of drug-likeness (QED) is 0.646. The lowest BCUT2D eigenvalue weighted by atomic mass is 9.93. The first-order valence-corrected chi connectivity index (χ1v) is 9.49. The number of hydrogen-bond acceptors (Lipinski definition) is 4. The first kappa shape index (κ1) is 17.5. The van der Waals surface area contributed by atoms with Crippen molar-refractivity contribution in [3.63, 3.8) is 0 Å². The van der Waals surface area contributed by atoms with Crippen LogP contribution in [0.3, 0.4) is 0 Å². The second kappa shape index (κ2) is 8.16. The summed E-state index contributed by atoms with van der Waals surface area (Å²) in [6.45, 7) is 4.84.